The van der Waals surface area contributed by atoms with Crippen LogP contribution >= 0.6 is 11.8 Å². The second kappa shape index (κ2) is 2.18. The summed E-state index contributed by atoms with van der Waals surface area (Å²) >= 11 is 1.79. The van der Waals surface area contributed by atoms with Crippen molar-refractivity contribution in [2.24, 2.45) is 0 Å². The van der Waals surface area contributed by atoms with Gasteiger partial charge in [0, 0.05) is 10.5 Å². The van der Waals surface area contributed by atoms with Crippen LogP contribution in [0.15, 0.2) is 23.1 Å². The van der Waals surface area contributed by atoms with E-state index < -0.39 is 0 Å². The SMILES string of the molecule is Cc1cccc2c1SC1(CC1)C2=O. The maximum atomic E-state index is 11.9. The quantitative estimate of drug-likeness (QED) is 0.625. The molecule has 2 heteroatoms. The third-order valence-electron chi connectivity index (χ3n) is 2.87. The van der Waals surface area contributed by atoms with Crippen LogP contribution in [0.3, 0.4) is 0 Å². The molecule has 0 N–H and O–H groups in total. The molecule has 0 atom stereocenters. The van der Waals surface area contributed by atoms with Gasteiger partial charge in [-0.05, 0) is 25.3 Å². The summed E-state index contributed by atoms with van der Waals surface area (Å²) in [6, 6.07) is 6.03. The third-order valence-corrected chi connectivity index (χ3v) is 4.60. The molecule has 1 saturated carbocycles. The van der Waals surface area contributed by atoms with Crippen LogP contribution < -0.4 is 0 Å². The van der Waals surface area contributed by atoms with Crippen LogP contribution in [0.2, 0.25) is 0 Å². The van der Waals surface area contributed by atoms with Crippen molar-refractivity contribution in [1.82, 2.24) is 0 Å². The van der Waals surface area contributed by atoms with Gasteiger partial charge in [-0.1, -0.05) is 18.2 Å². The summed E-state index contributed by atoms with van der Waals surface area (Å²) in [6.07, 6.45) is 2.15. The molecule has 2 aliphatic rings. The van der Waals surface area contributed by atoms with E-state index in [0.29, 0.717) is 5.78 Å². The highest BCUT2D eigenvalue weighted by molar-refractivity contribution is 8.02. The fourth-order valence-electron chi connectivity index (χ4n) is 1.90. The van der Waals surface area contributed by atoms with Crippen molar-refractivity contribution in [1.29, 1.82) is 0 Å². The summed E-state index contributed by atoms with van der Waals surface area (Å²) in [4.78, 5) is 13.1. The molecule has 0 amide bonds. The highest BCUT2D eigenvalue weighted by Crippen LogP contribution is 2.59. The molecule has 1 heterocycles. The molecular weight excluding hydrogens is 180 g/mol. The number of hydrogen-bond acceptors (Lipinski definition) is 2. The molecule has 0 bridgehead atoms. The number of carbonyl (C=O) groups excluding carboxylic acids is 1. The fraction of sp³-hybridized carbons (Fsp3) is 0.364. The monoisotopic (exact) mass is 190 g/mol. The molecule has 3 rings (SSSR count). The molecule has 1 aliphatic heterocycles. The van der Waals surface area contributed by atoms with E-state index in [2.05, 4.69) is 13.0 Å². The van der Waals surface area contributed by atoms with Gasteiger partial charge in [-0.25, -0.2) is 0 Å². The Hall–Kier alpha value is -0.760. The lowest BCUT2D eigenvalue weighted by molar-refractivity contribution is 0.0983. The highest BCUT2D eigenvalue weighted by atomic mass is 32.2. The lowest BCUT2D eigenvalue weighted by atomic mass is 10.1. The number of Topliss-reactive ketones (excluding diaryl/α,β-unsaturated/α-hetero) is 1. The van der Waals surface area contributed by atoms with Gasteiger partial charge in [0.15, 0.2) is 5.78 Å². The zero-order valence-corrected chi connectivity index (χ0v) is 8.28. The minimum Gasteiger partial charge on any atom is -0.293 e. The third kappa shape index (κ3) is 0.869. The van der Waals surface area contributed by atoms with Crippen LogP contribution in [-0.2, 0) is 0 Å². The number of aryl methyl sites for hydroxylation is 1. The van der Waals surface area contributed by atoms with E-state index in [9.17, 15) is 4.79 Å². The molecule has 1 spiro atoms. The number of fused-ring (bicyclic) bond motifs is 1. The summed E-state index contributed by atoms with van der Waals surface area (Å²) in [5, 5.41) is 0. The van der Waals surface area contributed by atoms with Crippen LogP contribution in [0.5, 0.6) is 0 Å². The number of hydrogen-bond donors (Lipinski definition) is 0. The van der Waals surface area contributed by atoms with Gasteiger partial charge < -0.3 is 0 Å². The minimum absolute atomic E-state index is 0.0194. The molecule has 0 saturated heterocycles. The molecule has 1 aromatic carbocycles. The maximum Gasteiger partial charge on any atom is 0.180 e. The first-order valence-corrected chi connectivity index (χ1v) is 5.38. The summed E-state index contributed by atoms with van der Waals surface area (Å²) in [5.41, 5.74) is 2.21. The molecule has 1 aliphatic carbocycles. The Balaban J connectivity index is 2.22. The van der Waals surface area contributed by atoms with E-state index in [1.807, 2.05) is 12.1 Å². The summed E-state index contributed by atoms with van der Waals surface area (Å²) in [5.74, 6) is 0.371. The Labute approximate surface area is 81.5 Å². The van der Waals surface area contributed by atoms with Gasteiger partial charge in [0.25, 0.3) is 0 Å². The summed E-state index contributed by atoms with van der Waals surface area (Å²) in [7, 11) is 0. The van der Waals surface area contributed by atoms with Crippen molar-refractivity contribution in [2.45, 2.75) is 29.4 Å². The molecule has 66 valence electrons. The van der Waals surface area contributed by atoms with Crippen LogP contribution in [0.4, 0.5) is 0 Å². The van der Waals surface area contributed by atoms with E-state index in [1.54, 1.807) is 11.8 Å². The van der Waals surface area contributed by atoms with Crippen LogP contribution in [-0.4, -0.2) is 10.5 Å². The van der Waals surface area contributed by atoms with Gasteiger partial charge >= 0.3 is 0 Å². The number of benzene rings is 1. The molecule has 1 nitrogen and oxygen atoms in total. The van der Waals surface area contributed by atoms with Gasteiger partial charge in [0.1, 0.15) is 0 Å². The van der Waals surface area contributed by atoms with Crippen molar-refractivity contribution >= 4 is 17.5 Å². The molecule has 13 heavy (non-hydrogen) atoms. The molecule has 1 fully saturated rings. The van der Waals surface area contributed by atoms with E-state index >= 15 is 0 Å². The largest absolute Gasteiger partial charge is 0.293 e. The molecular formula is C11H10OS. The predicted octanol–water partition coefficient (Wildman–Crippen LogP) is 2.82. The van der Waals surface area contributed by atoms with E-state index in [4.69, 9.17) is 0 Å². The Morgan fingerprint density at radius 3 is 2.77 bits per heavy atom. The van der Waals surface area contributed by atoms with Gasteiger partial charge in [-0.15, -0.1) is 11.8 Å². The van der Waals surface area contributed by atoms with Gasteiger partial charge in [-0.2, -0.15) is 0 Å². The Kier molecular flexibility index (Phi) is 1.28. The number of ketones is 1. The zero-order chi connectivity index (χ0) is 9.05. The Morgan fingerprint density at radius 1 is 1.38 bits per heavy atom. The summed E-state index contributed by atoms with van der Waals surface area (Å²) < 4.78 is -0.0194. The average Bonchev–Trinajstić information content (AvgIpc) is 2.82. The predicted molar refractivity (Wildman–Crippen MR) is 53.3 cm³/mol. The topological polar surface area (TPSA) is 17.1 Å². The first-order valence-electron chi connectivity index (χ1n) is 4.56. The second-order valence-electron chi connectivity index (χ2n) is 3.88. The van der Waals surface area contributed by atoms with Crippen molar-refractivity contribution in [2.75, 3.05) is 0 Å². The minimum atomic E-state index is -0.0194. The number of carbonyl (C=O) groups is 1. The zero-order valence-electron chi connectivity index (χ0n) is 7.46. The smallest absolute Gasteiger partial charge is 0.180 e. The van der Waals surface area contributed by atoms with Crippen LogP contribution in [0.25, 0.3) is 0 Å². The molecule has 0 radical (unpaired) electrons. The standard InChI is InChI=1S/C11H10OS/c1-7-3-2-4-8-9(7)13-11(5-6-11)10(8)12/h2-4H,5-6H2,1H3. The van der Waals surface area contributed by atoms with E-state index in [1.165, 1.54) is 10.5 Å². The molecule has 0 aromatic heterocycles. The number of rotatable bonds is 0. The molecule has 0 unspecified atom stereocenters. The van der Waals surface area contributed by atoms with Gasteiger partial charge in [0.05, 0.1) is 4.75 Å². The Bertz CT molecular complexity index is 405. The van der Waals surface area contributed by atoms with Crippen molar-refractivity contribution in [3.8, 4) is 0 Å². The molecule has 1 aromatic rings. The first-order chi connectivity index (χ1) is 6.23. The van der Waals surface area contributed by atoms with Gasteiger partial charge in [-0.3, -0.25) is 4.79 Å². The summed E-state index contributed by atoms with van der Waals surface area (Å²) in [6.45, 7) is 2.08. The van der Waals surface area contributed by atoms with Crippen molar-refractivity contribution in [3.63, 3.8) is 0 Å². The normalized spacial score (nSPS) is 22.1. The van der Waals surface area contributed by atoms with Crippen molar-refractivity contribution in [3.05, 3.63) is 29.3 Å². The fourth-order valence-corrected chi connectivity index (χ4v) is 3.30. The van der Waals surface area contributed by atoms with Crippen LogP contribution in [0.1, 0.15) is 28.8 Å². The first kappa shape index (κ1) is 7.63. The van der Waals surface area contributed by atoms with E-state index in [0.717, 1.165) is 18.4 Å². The number of thioether (sulfide) groups is 1. The maximum absolute atomic E-state index is 11.9. The average molecular weight is 190 g/mol. The lowest BCUT2D eigenvalue weighted by Crippen LogP contribution is -2.11. The van der Waals surface area contributed by atoms with Gasteiger partial charge in [0.2, 0.25) is 0 Å². The Morgan fingerprint density at radius 2 is 2.15 bits per heavy atom. The second-order valence-corrected chi connectivity index (χ2v) is 5.27. The highest BCUT2D eigenvalue weighted by Gasteiger charge is 2.55. The van der Waals surface area contributed by atoms with E-state index in [-0.39, 0.29) is 4.75 Å². The van der Waals surface area contributed by atoms with Crippen molar-refractivity contribution < 1.29 is 4.79 Å². The van der Waals surface area contributed by atoms with Crippen LogP contribution in [0, 0.1) is 6.92 Å². The lowest BCUT2D eigenvalue weighted by Gasteiger charge is -2.00.